The molecule has 3 aromatic carbocycles. The van der Waals surface area contributed by atoms with Gasteiger partial charge in [0.05, 0.1) is 17.1 Å². The van der Waals surface area contributed by atoms with E-state index in [0.717, 1.165) is 12.8 Å². The van der Waals surface area contributed by atoms with Crippen molar-refractivity contribution in [1.29, 1.82) is 0 Å². The number of hydrogen-bond donors (Lipinski definition) is 2. The number of fused-ring (bicyclic) bond motifs is 1. The Hall–Kier alpha value is -3.66. The summed E-state index contributed by atoms with van der Waals surface area (Å²) in [5.74, 6) is -0.532. The minimum Gasteiger partial charge on any atom is -0.449 e. The molecule has 1 aliphatic rings. The fourth-order valence-electron chi connectivity index (χ4n) is 4.75. The van der Waals surface area contributed by atoms with E-state index in [1.807, 2.05) is 6.92 Å². The highest BCUT2D eigenvalue weighted by Crippen LogP contribution is 2.32. The number of Topliss-reactive ketones (excluding diaryl/α,β-unsaturated/α-hetero) is 1. The van der Waals surface area contributed by atoms with Crippen molar-refractivity contribution in [3.05, 3.63) is 89.1 Å². The third-order valence-corrected chi connectivity index (χ3v) is 8.82. The molecular weight excluding hydrogens is 538 g/mol. The van der Waals surface area contributed by atoms with Gasteiger partial charge >= 0.3 is 0 Å². The van der Waals surface area contributed by atoms with Crippen LogP contribution in [-0.4, -0.2) is 44.0 Å². The van der Waals surface area contributed by atoms with E-state index in [1.165, 1.54) is 16.4 Å². The summed E-state index contributed by atoms with van der Waals surface area (Å²) >= 11 is 6.04. The van der Waals surface area contributed by atoms with Crippen LogP contribution in [0.3, 0.4) is 0 Å². The zero-order valence-electron chi connectivity index (χ0n) is 21.3. The van der Waals surface area contributed by atoms with Gasteiger partial charge in [0.2, 0.25) is 15.8 Å². The van der Waals surface area contributed by atoms with Gasteiger partial charge in [-0.25, -0.2) is 8.42 Å². The van der Waals surface area contributed by atoms with Gasteiger partial charge in [0.1, 0.15) is 5.58 Å². The summed E-state index contributed by atoms with van der Waals surface area (Å²) in [7, 11) is -3.71. The Morgan fingerprint density at radius 1 is 1.05 bits per heavy atom. The van der Waals surface area contributed by atoms with Crippen molar-refractivity contribution >= 4 is 55.7 Å². The SMILES string of the molecule is CC1CCCN(S(=O)(=O)c2cccc(C(=O)CNc3c(C(=O)Nc4cccc(Cl)c4)oc4ccccc34)c2)C1. The molecular formula is C29H28ClN3O5S. The smallest absolute Gasteiger partial charge is 0.293 e. The molecule has 39 heavy (non-hydrogen) atoms. The Balaban J connectivity index is 1.36. The Labute approximate surface area is 232 Å². The van der Waals surface area contributed by atoms with Gasteiger partial charge in [-0.2, -0.15) is 4.31 Å². The number of ketones is 1. The largest absolute Gasteiger partial charge is 0.449 e. The number of rotatable bonds is 8. The maximum absolute atomic E-state index is 13.2. The highest BCUT2D eigenvalue weighted by molar-refractivity contribution is 7.89. The molecule has 0 saturated carbocycles. The maximum Gasteiger partial charge on any atom is 0.293 e. The van der Waals surface area contributed by atoms with E-state index in [4.69, 9.17) is 16.0 Å². The second-order valence-corrected chi connectivity index (χ2v) is 12.1. The molecule has 0 bridgehead atoms. The van der Waals surface area contributed by atoms with E-state index in [-0.39, 0.29) is 34.5 Å². The molecule has 1 unspecified atom stereocenters. The summed E-state index contributed by atoms with van der Waals surface area (Å²) in [6.07, 6.45) is 1.81. The van der Waals surface area contributed by atoms with Crippen LogP contribution in [0.4, 0.5) is 11.4 Å². The number of nitrogens with zero attached hydrogens (tertiary/aromatic N) is 1. The van der Waals surface area contributed by atoms with Gasteiger partial charge in [-0.15, -0.1) is 0 Å². The molecule has 10 heteroatoms. The van der Waals surface area contributed by atoms with Gasteiger partial charge < -0.3 is 15.1 Å². The summed E-state index contributed by atoms with van der Waals surface area (Å²) < 4.78 is 33.8. The van der Waals surface area contributed by atoms with Crippen molar-refractivity contribution in [1.82, 2.24) is 4.31 Å². The van der Waals surface area contributed by atoms with E-state index >= 15 is 0 Å². The van der Waals surface area contributed by atoms with E-state index in [2.05, 4.69) is 10.6 Å². The molecule has 2 heterocycles. The molecule has 4 aromatic rings. The molecule has 1 aliphatic heterocycles. The number of carbonyl (C=O) groups excluding carboxylic acids is 2. The average Bonchev–Trinajstić information content (AvgIpc) is 3.30. The Morgan fingerprint density at radius 3 is 2.64 bits per heavy atom. The summed E-state index contributed by atoms with van der Waals surface area (Å²) in [4.78, 5) is 26.4. The van der Waals surface area contributed by atoms with Crippen LogP contribution in [0.15, 0.2) is 82.1 Å². The lowest BCUT2D eigenvalue weighted by Crippen LogP contribution is -2.39. The normalized spacial score (nSPS) is 16.2. The van der Waals surface area contributed by atoms with E-state index in [9.17, 15) is 18.0 Å². The van der Waals surface area contributed by atoms with Crippen LogP contribution in [-0.2, 0) is 10.0 Å². The molecule has 1 amide bonds. The Bertz CT molecular complexity index is 1650. The van der Waals surface area contributed by atoms with Crippen molar-refractivity contribution in [3.8, 4) is 0 Å². The van der Waals surface area contributed by atoms with E-state index in [1.54, 1.807) is 60.7 Å². The van der Waals surface area contributed by atoms with Gasteiger partial charge in [0.25, 0.3) is 5.91 Å². The predicted octanol–water partition coefficient (Wildman–Crippen LogP) is 6.05. The number of sulfonamides is 1. The first-order valence-electron chi connectivity index (χ1n) is 12.7. The van der Waals surface area contributed by atoms with Crippen LogP contribution in [0.1, 0.15) is 40.7 Å². The molecule has 0 spiro atoms. The molecule has 1 atom stereocenters. The number of furan rings is 1. The third-order valence-electron chi connectivity index (χ3n) is 6.72. The van der Waals surface area contributed by atoms with E-state index in [0.29, 0.717) is 40.5 Å². The first kappa shape index (κ1) is 26.9. The number of piperidine rings is 1. The number of anilines is 2. The van der Waals surface area contributed by atoms with Crippen molar-refractivity contribution in [2.24, 2.45) is 5.92 Å². The van der Waals surface area contributed by atoms with Crippen LogP contribution < -0.4 is 10.6 Å². The average molecular weight is 566 g/mol. The number of nitrogens with one attached hydrogen (secondary N) is 2. The lowest BCUT2D eigenvalue weighted by molar-refractivity contribution is 0.0990. The van der Waals surface area contributed by atoms with Crippen LogP contribution in [0, 0.1) is 5.92 Å². The number of halogens is 1. The molecule has 2 N–H and O–H groups in total. The maximum atomic E-state index is 13.2. The van der Waals surface area contributed by atoms with Crippen LogP contribution in [0.2, 0.25) is 5.02 Å². The lowest BCUT2D eigenvalue weighted by Gasteiger charge is -2.30. The van der Waals surface area contributed by atoms with E-state index < -0.39 is 15.9 Å². The number of para-hydroxylation sites is 1. The summed E-state index contributed by atoms with van der Waals surface area (Å²) in [6, 6.07) is 19.9. The fourth-order valence-corrected chi connectivity index (χ4v) is 6.58. The number of amides is 1. The zero-order valence-corrected chi connectivity index (χ0v) is 22.9. The molecule has 1 fully saturated rings. The van der Waals surface area contributed by atoms with Crippen LogP contribution >= 0.6 is 11.6 Å². The van der Waals surface area contributed by atoms with Crippen molar-refractivity contribution < 1.29 is 22.4 Å². The van der Waals surface area contributed by atoms with Crippen LogP contribution in [0.5, 0.6) is 0 Å². The highest BCUT2D eigenvalue weighted by atomic mass is 35.5. The fraction of sp³-hybridized carbons (Fsp3) is 0.241. The first-order valence-corrected chi connectivity index (χ1v) is 14.5. The molecule has 202 valence electrons. The quantitative estimate of drug-likeness (QED) is 0.252. The minimum atomic E-state index is -3.71. The zero-order chi connectivity index (χ0) is 27.6. The molecule has 1 aromatic heterocycles. The topological polar surface area (TPSA) is 109 Å². The number of benzene rings is 3. The van der Waals surface area contributed by atoms with Crippen molar-refractivity contribution in [2.45, 2.75) is 24.7 Å². The molecule has 8 nitrogen and oxygen atoms in total. The number of carbonyl (C=O) groups is 2. The van der Waals surface area contributed by atoms with Gasteiger partial charge in [0.15, 0.2) is 5.78 Å². The Kier molecular flexibility index (Phi) is 7.74. The summed E-state index contributed by atoms with van der Waals surface area (Å²) in [6.45, 7) is 2.80. The second kappa shape index (κ2) is 11.2. The summed E-state index contributed by atoms with van der Waals surface area (Å²) in [5, 5.41) is 6.92. The predicted molar refractivity (Wildman–Crippen MR) is 152 cm³/mol. The second-order valence-electron chi connectivity index (χ2n) is 9.68. The minimum absolute atomic E-state index is 0.0134. The first-order chi connectivity index (χ1) is 18.7. The van der Waals surface area contributed by atoms with Gasteiger partial charge in [-0.1, -0.05) is 48.9 Å². The highest BCUT2D eigenvalue weighted by Gasteiger charge is 2.29. The van der Waals surface area contributed by atoms with Crippen molar-refractivity contribution in [3.63, 3.8) is 0 Å². The van der Waals surface area contributed by atoms with Gasteiger partial charge in [-0.3, -0.25) is 9.59 Å². The molecule has 0 radical (unpaired) electrons. The standard InChI is InChI=1S/C29H28ClN3O5S/c1-19-7-6-14-33(18-19)39(36,37)23-11-4-8-20(15-23)25(34)17-31-27-24-12-2-3-13-26(24)38-28(27)29(35)32-22-10-5-9-21(30)16-22/h2-5,8-13,15-16,19,31H,6-7,14,17-18H2,1H3,(H,32,35). The molecule has 0 aliphatic carbocycles. The third kappa shape index (κ3) is 5.85. The lowest BCUT2D eigenvalue weighted by atomic mass is 10.0. The summed E-state index contributed by atoms with van der Waals surface area (Å²) in [5.41, 5.74) is 1.60. The molecule has 5 rings (SSSR count). The Morgan fingerprint density at radius 2 is 1.85 bits per heavy atom. The van der Waals surface area contributed by atoms with Gasteiger partial charge in [-0.05, 0) is 61.2 Å². The van der Waals surface area contributed by atoms with Gasteiger partial charge in [0, 0.05) is 34.7 Å². The monoisotopic (exact) mass is 565 g/mol. The van der Waals surface area contributed by atoms with Crippen molar-refractivity contribution in [2.75, 3.05) is 30.3 Å². The van der Waals surface area contributed by atoms with Crippen LogP contribution in [0.25, 0.3) is 11.0 Å². The molecule has 1 saturated heterocycles. The number of hydrogen-bond acceptors (Lipinski definition) is 6.